The highest BCUT2D eigenvalue weighted by molar-refractivity contribution is 6.31. The molecule has 1 atom stereocenters. The molecular weight excluding hydrogens is 287 g/mol. The summed E-state index contributed by atoms with van der Waals surface area (Å²) in [6, 6.07) is 7.40. The van der Waals surface area contributed by atoms with Gasteiger partial charge in [-0.1, -0.05) is 23.7 Å². The van der Waals surface area contributed by atoms with Gasteiger partial charge in [0.1, 0.15) is 17.5 Å². The lowest BCUT2D eigenvalue weighted by Crippen LogP contribution is -2.20. The summed E-state index contributed by atoms with van der Waals surface area (Å²) >= 11 is 5.91. The molecule has 0 spiro atoms. The second kappa shape index (κ2) is 6.29. The van der Waals surface area contributed by atoms with Gasteiger partial charge in [0.05, 0.1) is 0 Å². The average molecular weight is 300 g/mol. The monoisotopic (exact) mass is 299 g/mol. The zero-order chi connectivity index (χ0) is 14.7. The van der Waals surface area contributed by atoms with Crippen LogP contribution in [-0.2, 0) is 6.54 Å². The maximum Gasteiger partial charge on any atom is 0.130 e. The third-order valence-corrected chi connectivity index (χ3v) is 3.43. The number of hydrogen-bond acceptors (Lipinski definition) is 1. The van der Waals surface area contributed by atoms with Gasteiger partial charge in [0.25, 0.3) is 0 Å². The van der Waals surface area contributed by atoms with Crippen LogP contribution in [0.1, 0.15) is 24.1 Å². The molecule has 0 aliphatic heterocycles. The fraction of sp³-hybridized carbons (Fsp3) is 0.200. The van der Waals surface area contributed by atoms with Crippen LogP contribution in [-0.4, -0.2) is 0 Å². The van der Waals surface area contributed by atoms with Crippen LogP contribution in [0.5, 0.6) is 0 Å². The summed E-state index contributed by atoms with van der Waals surface area (Å²) in [6.45, 7) is 1.87. The van der Waals surface area contributed by atoms with Crippen molar-refractivity contribution in [1.82, 2.24) is 5.32 Å². The minimum atomic E-state index is -0.635. The lowest BCUT2D eigenvalue weighted by molar-refractivity contribution is 0.508. The number of nitrogens with one attached hydrogen (secondary N) is 1. The summed E-state index contributed by atoms with van der Waals surface area (Å²) in [5, 5.41) is 3.28. The van der Waals surface area contributed by atoms with E-state index in [4.69, 9.17) is 11.6 Å². The highest BCUT2D eigenvalue weighted by atomic mass is 35.5. The van der Waals surface area contributed by atoms with Gasteiger partial charge in [0.15, 0.2) is 0 Å². The van der Waals surface area contributed by atoms with Gasteiger partial charge in [-0.15, -0.1) is 0 Å². The first-order valence-electron chi connectivity index (χ1n) is 6.10. The first-order valence-corrected chi connectivity index (χ1v) is 6.48. The molecule has 0 aliphatic rings. The highest BCUT2D eigenvalue weighted by Crippen LogP contribution is 2.22. The van der Waals surface area contributed by atoms with E-state index < -0.39 is 23.5 Å². The third-order valence-electron chi connectivity index (χ3n) is 3.08. The Labute approximate surface area is 120 Å². The summed E-state index contributed by atoms with van der Waals surface area (Å²) in [6.07, 6.45) is 0. The van der Waals surface area contributed by atoms with E-state index in [-0.39, 0.29) is 6.54 Å². The normalized spacial score (nSPS) is 12.4. The van der Waals surface area contributed by atoms with Crippen LogP contribution in [0.4, 0.5) is 13.2 Å². The molecule has 5 heteroatoms. The van der Waals surface area contributed by atoms with Crippen molar-refractivity contribution in [2.24, 2.45) is 0 Å². The molecule has 2 aromatic carbocycles. The Morgan fingerprint density at radius 3 is 2.50 bits per heavy atom. The van der Waals surface area contributed by atoms with E-state index in [0.717, 1.165) is 6.07 Å². The molecule has 0 aliphatic carbocycles. The van der Waals surface area contributed by atoms with Crippen molar-refractivity contribution in [1.29, 1.82) is 0 Å². The first kappa shape index (κ1) is 14.9. The van der Waals surface area contributed by atoms with Crippen molar-refractivity contribution in [3.05, 3.63) is 70.0 Å². The molecule has 0 fully saturated rings. The molecule has 2 rings (SSSR count). The molecular formula is C15H13ClF3N. The zero-order valence-electron chi connectivity index (χ0n) is 10.8. The number of hydrogen-bond donors (Lipinski definition) is 1. The minimum absolute atomic E-state index is 0.156. The molecule has 0 heterocycles. The quantitative estimate of drug-likeness (QED) is 0.869. The van der Waals surface area contributed by atoms with Crippen molar-refractivity contribution in [2.75, 3.05) is 0 Å². The van der Waals surface area contributed by atoms with Crippen molar-refractivity contribution < 1.29 is 13.2 Å². The zero-order valence-corrected chi connectivity index (χ0v) is 11.5. The van der Waals surface area contributed by atoms with Gasteiger partial charge < -0.3 is 5.32 Å². The summed E-state index contributed by atoms with van der Waals surface area (Å²) in [4.78, 5) is 0. The number of benzene rings is 2. The fourth-order valence-corrected chi connectivity index (χ4v) is 2.15. The molecule has 1 nitrogen and oxygen atoms in total. The first-order chi connectivity index (χ1) is 9.49. The maximum absolute atomic E-state index is 13.6. The summed E-state index contributed by atoms with van der Waals surface area (Å²) < 4.78 is 40.0. The van der Waals surface area contributed by atoms with E-state index in [9.17, 15) is 13.2 Å². The summed E-state index contributed by atoms with van der Waals surface area (Å²) in [5.41, 5.74) is 0.641. The Hall–Kier alpha value is -1.52. The molecule has 0 radical (unpaired) electrons. The Kier molecular flexibility index (Phi) is 4.68. The van der Waals surface area contributed by atoms with E-state index >= 15 is 0 Å². The molecule has 1 unspecified atom stereocenters. The van der Waals surface area contributed by atoms with Crippen LogP contribution >= 0.6 is 11.6 Å². The Morgan fingerprint density at radius 2 is 1.85 bits per heavy atom. The fourth-order valence-electron chi connectivity index (χ4n) is 1.92. The van der Waals surface area contributed by atoms with Crippen LogP contribution in [0, 0.1) is 17.5 Å². The molecule has 0 aromatic heterocycles. The van der Waals surface area contributed by atoms with Crippen molar-refractivity contribution in [2.45, 2.75) is 19.5 Å². The Morgan fingerprint density at radius 1 is 1.10 bits per heavy atom. The number of halogens is 4. The second-order valence-corrected chi connectivity index (χ2v) is 4.88. The molecule has 1 N–H and O–H groups in total. The topological polar surface area (TPSA) is 12.0 Å². The van der Waals surface area contributed by atoms with Gasteiger partial charge in [0.2, 0.25) is 0 Å². The van der Waals surface area contributed by atoms with Crippen LogP contribution in [0.25, 0.3) is 0 Å². The van der Waals surface area contributed by atoms with Gasteiger partial charge in [-0.05, 0) is 25.1 Å². The van der Waals surface area contributed by atoms with Crippen molar-refractivity contribution in [3.63, 3.8) is 0 Å². The summed E-state index contributed by atoms with van der Waals surface area (Å²) in [7, 11) is 0. The van der Waals surface area contributed by atoms with Gasteiger partial charge in [-0.2, -0.15) is 0 Å². The third kappa shape index (κ3) is 3.32. The SMILES string of the molecule is CC(NCc1c(F)cccc1Cl)c1ccc(F)cc1F. The van der Waals surface area contributed by atoms with Crippen LogP contribution in [0.2, 0.25) is 5.02 Å². The van der Waals surface area contributed by atoms with Crippen LogP contribution in [0.3, 0.4) is 0 Å². The van der Waals surface area contributed by atoms with Crippen LogP contribution < -0.4 is 5.32 Å². The van der Waals surface area contributed by atoms with E-state index in [1.807, 2.05) is 0 Å². The molecule has 0 saturated heterocycles. The van der Waals surface area contributed by atoms with E-state index in [1.54, 1.807) is 13.0 Å². The van der Waals surface area contributed by atoms with Gasteiger partial charge in [0, 0.05) is 34.8 Å². The standard InChI is InChI=1S/C15H13ClF3N/c1-9(11-6-5-10(17)7-15(11)19)20-8-12-13(16)3-2-4-14(12)18/h2-7,9,20H,8H2,1H3. The van der Waals surface area contributed by atoms with Gasteiger partial charge in [-0.3, -0.25) is 0 Å². The molecule has 20 heavy (non-hydrogen) atoms. The predicted molar refractivity (Wildman–Crippen MR) is 73.0 cm³/mol. The minimum Gasteiger partial charge on any atom is -0.306 e. The molecule has 106 valence electrons. The summed E-state index contributed by atoms with van der Waals surface area (Å²) in [5.74, 6) is -1.68. The van der Waals surface area contributed by atoms with Crippen molar-refractivity contribution >= 4 is 11.6 Å². The lowest BCUT2D eigenvalue weighted by atomic mass is 10.1. The molecule has 0 saturated carbocycles. The lowest BCUT2D eigenvalue weighted by Gasteiger charge is -2.16. The smallest absolute Gasteiger partial charge is 0.130 e. The maximum atomic E-state index is 13.6. The van der Waals surface area contributed by atoms with Crippen molar-refractivity contribution in [3.8, 4) is 0 Å². The Balaban J connectivity index is 2.11. The molecule has 0 amide bonds. The second-order valence-electron chi connectivity index (χ2n) is 4.47. The molecule has 2 aromatic rings. The van der Waals surface area contributed by atoms with E-state index in [0.29, 0.717) is 16.1 Å². The van der Waals surface area contributed by atoms with E-state index in [2.05, 4.69) is 5.32 Å². The Bertz CT molecular complexity index is 596. The van der Waals surface area contributed by atoms with Crippen LogP contribution in [0.15, 0.2) is 36.4 Å². The van der Waals surface area contributed by atoms with Gasteiger partial charge in [-0.25, -0.2) is 13.2 Å². The van der Waals surface area contributed by atoms with Gasteiger partial charge >= 0.3 is 0 Å². The number of rotatable bonds is 4. The average Bonchev–Trinajstić information content (AvgIpc) is 2.37. The van der Waals surface area contributed by atoms with E-state index in [1.165, 1.54) is 24.3 Å². The molecule has 0 bridgehead atoms. The predicted octanol–water partition coefficient (Wildman–Crippen LogP) is 4.61. The largest absolute Gasteiger partial charge is 0.306 e. The highest BCUT2D eigenvalue weighted by Gasteiger charge is 2.13.